The van der Waals surface area contributed by atoms with E-state index in [-0.39, 0.29) is 5.91 Å². The van der Waals surface area contributed by atoms with Gasteiger partial charge in [0, 0.05) is 10.4 Å². The van der Waals surface area contributed by atoms with Gasteiger partial charge in [-0.05, 0) is 50.3 Å². The van der Waals surface area contributed by atoms with Gasteiger partial charge in [0.05, 0.1) is 5.56 Å². The van der Waals surface area contributed by atoms with Crippen LogP contribution in [0.25, 0.3) is 0 Å². The molecule has 0 bridgehead atoms. The van der Waals surface area contributed by atoms with Crippen LogP contribution in [0.3, 0.4) is 0 Å². The number of halogens is 3. The lowest BCUT2D eigenvalue weighted by Gasteiger charge is -2.27. The molecule has 1 atom stereocenters. The Balaban J connectivity index is 1.84. The van der Waals surface area contributed by atoms with Crippen LogP contribution in [0.2, 0.25) is 0 Å². The van der Waals surface area contributed by atoms with E-state index in [1.165, 1.54) is 16.2 Å². The van der Waals surface area contributed by atoms with Gasteiger partial charge in [-0.2, -0.15) is 5.26 Å². The lowest BCUT2D eigenvalue weighted by molar-refractivity contribution is 0.0942. The van der Waals surface area contributed by atoms with Crippen LogP contribution in [0, 0.1) is 18.3 Å². The van der Waals surface area contributed by atoms with E-state index in [0.29, 0.717) is 16.1 Å². The molecule has 2 aromatic rings. The van der Waals surface area contributed by atoms with Crippen molar-refractivity contribution in [1.82, 2.24) is 5.32 Å². The van der Waals surface area contributed by atoms with Crippen molar-refractivity contribution in [1.29, 1.82) is 5.26 Å². The van der Waals surface area contributed by atoms with Gasteiger partial charge in [0.25, 0.3) is 5.91 Å². The minimum atomic E-state index is -1.79. The number of fused-ring (bicyclic) bond motifs is 1. The summed E-state index contributed by atoms with van der Waals surface area (Å²) in [5.41, 5.74) is 3.17. The summed E-state index contributed by atoms with van der Waals surface area (Å²) >= 11 is 19.8. The first-order valence-electron chi connectivity index (χ1n) is 8.55. The van der Waals surface area contributed by atoms with Crippen LogP contribution in [0.15, 0.2) is 24.3 Å². The lowest BCUT2D eigenvalue weighted by Crippen LogP contribution is -2.49. The van der Waals surface area contributed by atoms with Crippen molar-refractivity contribution in [2.75, 3.05) is 5.32 Å². The molecule has 0 saturated carbocycles. The Hall–Kier alpha value is -1.45. The molecule has 4 nitrogen and oxygen atoms in total. The number of nitrogens with zero attached hydrogens (tertiary/aromatic N) is 1. The predicted molar refractivity (Wildman–Crippen MR) is 112 cm³/mol. The number of benzene rings is 1. The average molecular weight is 443 g/mol. The van der Waals surface area contributed by atoms with Crippen LogP contribution in [-0.2, 0) is 12.8 Å². The van der Waals surface area contributed by atoms with Gasteiger partial charge < -0.3 is 10.6 Å². The van der Waals surface area contributed by atoms with Gasteiger partial charge in [-0.15, -0.1) is 11.3 Å². The Morgan fingerprint density at radius 3 is 2.52 bits per heavy atom. The van der Waals surface area contributed by atoms with Crippen molar-refractivity contribution < 1.29 is 4.79 Å². The molecule has 0 aliphatic heterocycles. The van der Waals surface area contributed by atoms with Gasteiger partial charge in [0.2, 0.25) is 3.79 Å². The lowest BCUT2D eigenvalue weighted by atomic mass is 9.96. The van der Waals surface area contributed by atoms with Gasteiger partial charge in [-0.3, -0.25) is 4.79 Å². The Kier molecular flexibility index (Phi) is 6.22. The molecule has 1 aliphatic carbocycles. The van der Waals surface area contributed by atoms with E-state index in [2.05, 4.69) is 16.7 Å². The summed E-state index contributed by atoms with van der Waals surface area (Å²) in [6.45, 7) is 1.94. The Morgan fingerprint density at radius 1 is 1.22 bits per heavy atom. The highest BCUT2D eigenvalue weighted by atomic mass is 35.6. The van der Waals surface area contributed by atoms with E-state index in [9.17, 15) is 10.1 Å². The van der Waals surface area contributed by atoms with Crippen LogP contribution in [0.5, 0.6) is 0 Å². The maximum atomic E-state index is 12.6. The number of anilines is 1. The molecular weight excluding hydrogens is 425 g/mol. The van der Waals surface area contributed by atoms with Gasteiger partial charge in [-0.1, -0.05) is 52.5 Å². The van der Waals surface area contributed by atoms with Gasteiger partial charge in [-0.25, -0.2) is 0 Å². The molecule has 1 amide bonds. The summed E-state index contributed by atoms with van der Waals surface area (Å²) in [6, 6.07) is 9.37. The summed E-state index contributed by atoms with van der Waals surface area (Å²) in [7, 11) is 0. The minimum Gasteiger partial charge on any atom is -0.352 e. The number of carbonyl (C=O) groups excluding carboxylic acids is 1. The molecule has 27 heavy (non-hydrogen) atoms. The number of hydrogen-bond acceptors (Lipinski definition) is 4. The quantitative estimate of drug-likeness (QED) is 0.496. The van der Waals surface area contributed by atoms with Crippen LogP contribution in [0.4, 0.5) is 5.00 Å². The third kappa shape index (κ3) is 4.70. The summed E-state index contributed by atoms with van der Waals surface area (Å²) in [5.74, 6) is -0.362. The highest BCUT2D eigenvalue weighted by Crippen LogP contribution is 2.40. The van der Waals surface area contributed by atoms with Crippen molar-refractivity contribution in [3.63, 3.8) is 0 Å². The number of nitrogens with one attached hydrogen (secondary N) is 2. The van der Waals surface area contributed by atoms with Crippen molar-refractivity contribution in [3.8, 4) is 6.07 Å². The van der Waals surface area contributed by atoms with Crippen LogP contribution in [-0.4, -0.2) is 15.9 Å². The number of alkyl halides is 3. The fourth-order valence-electron chi connectivity index (χ4n) is 3.04. The van der Waals surface area contributed by atoms with Crippen LogP contribution < -0.4 is 10.6 Å². The molecule has 3 rings (SSSR count). The summed E-state index contributed by atoms with van der Waals surface area (Å²) in [6.07, 6.45) is 3.02. The van der Waals surface area contributed by atoms with E-state index in [4.69, 9.17) is 34.8 Å². The zero-order chi connectivity index (χ0) is 19.6. The van der Waals surface area contributed by atoms with Crippen LogP contribution >= 0.6 is 46.1 Å². The number of hydrogen-bond donors (Lipinski definition) is 2. The highest BCUT2D eigenvalue weighted by Gasteiger charge is 2.36. The topological polar surface area (TPSA) is 64.9 Å². The molecule has 8 heteroatoms. The average Bonchev–Trinajstić information content (AvgIpc) is 2.98. The van der Waals surface area contributed by atoms with Crippen molar-refractivity contribution in [2.24, 2.45) is 0 Å². The van der Waals surface area contributed by atoms with E-state index >= 15 is 0 Å². The molecule has 1 heterocycles. The summed E-state index contributed by atoms with van der Waals surface area (Å²) in [5, 5.41) is 16.0. The number of aryl methyl sites for hydroxylation is 2. The first kappa shape index (κ1) is 20.3. The molecule has 1 aromatic heterocycles. The van der Waals surface area contributed by atoms with Crippen LogP contribution in [0.1, 0.15) is 44.8 Å². The van der Waals surface area contributed by atoms with E-state index in [0.717, 1.165) is 36.8 Å². The first-order chi connectivity index (χ1) is 12.8. The Labute approximate surface area is 177 Å². The van der Waals surface area contributed by atoms with E-state index in [1.807, 2.05) is 19.1 Å². The fraction of sp³-hybridized carbons (Fsp3) is 0.368. The minimum absolute atomic E-state index is 0.362. The smallest absolute Gasteiger partial charge is 0.252 e. The number of thiophene rings is 1. The standard InChI is InChI=1S/C19H18Cl3N3OS/c1-11-6-8-12(9-7-11)16(26)24-18(19(20,21)22)25-17-14(10-23)13-4-2-3-5-15(13)27-17/h6-9,18,25H,2-5H2,1H3,(H,24,26)/t18-/m1/s1. The second-order valence-electron chi connectivity index (χ2n) is 6.49. The molecule has 0 saturated heterocycles. The second-order valence-corrected chi connectivity index (χ2v) is 9.96. The number of rotatable bonds is 4. The maximum Gasteiger partial charge on any atom is 0.252 e. The predicted octanol–water partition coefficient (Wildman–Crippen LogP) is 5.35. The van der Waals surface area contributed by atoms with Crippen molar-refractivity contribution in [2.45, 2.75) is 42.6 Å². The number of nitriles is 1. The van der Waals surface area contributed by atoms with Crippen molar-refractivity contribution in [3.05, 3.63) is 51.4 Å². The monoisotopic (exact) mass is 441 g/mol. The van der Waals surface area contributed by atoms with Crippen molar-refractivity contribution >= 4 is 57.0 Å². The highest BCUT2D eigenvalue weighted by molar-refractivity contribution is 7.16. The summed E-state index contributed by atoms with van der Waals surface area (Å²) in [4.78, 5) is 13.8. The zero-order valence-corrected chi connectivity index (χ0v) is 17.7. The number of amides is 1. The zero-order valence-electron chi connectivity index (χ0n) is 14.6. The van der Waals surface area contributed by atoms with E-state index in [1.54, 1.807) is 12.1 Å². The Bertz CT molecular complexity index is 881. The second kappa shape index (κ2) is 8.28. The molecule has 0 fully saturated rings. The molecule has 0 unspecified atom stereocenters. The molecule has 142 valence electrons. The first-order valence-corrected chi connectivity index (χ1v) is 10.5. The van der Waals surface area contributed by atoms with Gasteiger partial charge in [0.1, 0.15) is 17.2 Å². The maximum absolute atomic E-state index is 12.6. The van der Waals surface area contributed by atoms with Gasteiger partial charge in [0.15, 0.2) is 0 Å². The molecular formula is C19H18Cl3N3OS. The molecule has 1 aliphatic rings. The normalized spacial score (nSPS) is 14.8. The fourth-order valence-corrected chi connectivity index (χ4v) is 4.63. The number of carbonyl (C=O) groups is 1. The largest absolute Gasteiger partial charge is 0.352 e. The van der Waals surface area contributed by atoms with E-state index < -0.39 is 9.96 Å². The van der Waals surface area contributed by atoms with Gasteiger partial charge >= 0.3 is 0 Å². The third-order valence-electron chi connectivity index (χ3n) is 4.48. The molecule has 2 N–H and O–H groups in total. The molecule has 1 aromatic carbocycles. The Morgan fingerprint density at radius 2 is 1.89 bits per heavy atom. The third-order valence-corrected chi connectivity index (χ3v) is 6.35. The summed E-state index contributed by atoms with van der Waals surface area (Å²) < 4.78 is -1.79. The molecule has 0 radical (unpaired) electrons. The molecule has 0 spiro atoms. The SMILES string of the molecule is Cc1ccc(C(=O)N[C@H](Nc2sc3c(c2C#N)CCCC3)C(Cl)(Cl)Cl)cc1.